The summed E-state index contributed by atoms with van der Waals surface area (Å²) in [5.74, 6) is 0. The molecule has 1 N–H and O–H groups in total. The van der Waals surface area contributed by atoms with Crippen LogP contribution in [0.1, 0.15) is 11.1 Å². The van der Waals surface area contributed by atoms with Crippen LogP contribution in [0.2, 0.25) is 0 Å². The van der Waals surface area contributed by atoms with Gasteiger partial charge < -0.3 is 5.32 Å². The fourth-order valence-electron chi connectivity index (χ4n) is 1.60. The van der Waals surface area contributed by atoms with E-state index in [1.54, 1.807) is 0 Å². The van der Waals surface area contributed by atoms with Gasteiger partial charge in [-0.3, -0.25) is 0 Å². The van der Waals surface area contributed by atoms with E-state index >= 15 is 0 Å². The van der Waals surface area contributed by atoms with Gasteiger partial charge in [-0.15, -0.1) is 11.3 Å². The van der Waals surface area contributed by atoms with Crippen molar-refractivity contribution in [2.24, 2.45) is 0 Å². The van der Waals surface area contributed by atoms with Crippen LogP contribution in [-0.4, -0.2) is 7.05 Å². The van der Waals surface area contributed by atoms with Crippen LogP contribution in [0.3, 0.4) is 0 Å². The summed E-state index contributed by atoms with van der Waals surface area (Å²) < 4.78 is 1.42. The van der Waals surface area contributed by atoms with Crippen LogP contribution in [0.25, 0.3) is 10.1 Å². The van der Waals surface area contributed by atoms with Crippen LogP contribution in [0, 0.1) is 6.92 Å². The molecule has 0 unspecified atom stereocenters. The molecule has 68 valence electrons. The van der Waals surface area contributed by atoms with Gasteiger partial charge in [0.1, 0.15) is 0 Å². The van der Waals surface area contributed by atoms with Crippen molar-refractivity contribution in [1.29, 1.82) is 0 Å². The van der Waals surface area contributed by atoms with E-state index in [2.05, 4.69) is 35.8 Å². The maximum atomic E-state index is 3.19. The molecule has 0 atom stereocenters. The summed E-state index contributed by atoms with van der Waals surface area (Å²) in [6, 6.07) is 6.62. The molecule has 0 radical (unpaired) electrons. The van der Waals surface area contributed by atoms with E-state index in [0.717, 1.165) is 6.54 Å². The Labute approximate surface area is 82.4 Å². The Kier molecular flexibility index (Phi) is 2.34. The van der Waals surface area contributed by atoms with Crippen LogP contribution in [-0.2, 0) is 6.54 Å². The maximum Gasteiger partial charge on any atom is 0.0375 e. The van der Waals surface area contributed by atoms with Crippen molar-refractivity contribution >= 4 is 21.4 Å². The lowest BCUT2D eigenvalue weighted by atomic mass is 10.1. The van der Waals surface area contributed by atoms with Crippen LogP contribution < -0.4 is 5.32 Å². The molecule has 0 aliphatic heterocycles. The number of nitrogens with one attached hydrogen (secondary N) is 1. The summed E-state index contributed by atoms with van der Waals surface area (Å²) >= 11 is 1.83. The summed E-state index contributed by atoms with van der Waals surface area (Å²) in [6.45, 7) is 3.12. The molecule has 0 saturated heterocycles. The Bertz CT molecular complexity index is 417. The highest BCUT2D eigenvalue weighted by Gasteiger charge is 2.03. The van der Waals surface area contributed by atoms with Crippen LogP contribution in [0.5, 0.6) is 0 Å². The average Bonchev–Trinajstić information content (AvgIpc) is 2.59. The van der Waals surface area contributed by atoms with Crippen molar-refractivity contribution in [3.8, 4) is 0 Å². The van der Waals surface area contributed by atoms with Crippen LogP contribution in [0.15, 0.2) is 23.6 Å². The van der Waals surface area contributed by atoms with Gasteiger partial charge in [0, 0.05) is 11.2 Å². The molecule has 0 bridgehead atoms. The van der Waals surface area contributed by atoms with E-state index in [0.29, 0.717) is 0 Å². The van der Waals surface area contributed by atoms with E-state index in [4.69, 9.17) is 0 Å². The highest BCUT2D eigenvalue weighted by Crippen LogP contribution is 2.27. The zero-order valence-corrected chi connectivity index (χ0v) is 8.74. The van der Waals surface area contributed by atoms with Gasteiger partial charge in [-0.05, 0) is 41.9 Å². The smallest absolute Gasteiger partial charge is 0.0375 e. The molecular weight excluding hydrogens is 178 g/mol. The van der Waals surface area contributed by atoms with Gasteiger partial charge >= 0.3 is 0 Å². The number of thiophene rings is 1. The van der Waals surface area contributed by atoms with E-state index < -0.39 is 0 Å². The number of rotatable bonds is 2. The van der Waals surface area contributed by atoms with Gasteiger partial charge in [0.05, 0.1) is 0 Å². The van der Waals surface area contributed by atoms with Crippen molar-refractivity contribution in [2.75, 3.05) is 7.05 Å². The third-order valence-electron chi connectivity index (χ3n) is 2.27. The molecule has 0 spiro atoms. The highest BCUT2D eigenvalue weighted by molar-refractivity contribution is 7.17. The number of aryl methyl sites for hydroxylation is 1. The Hall–Kier alpha value is -0.860. The van der Waals surface area contributed by atoms with Gasteiger partial charge in [-0.1, -0.05) is 12.1 Å². The molecule has 2 aromatic rings. The normalized spacial score (nSPS) is 10.9. The average molecular weight is 191 g/mol. The largest absolute Gasteiger partial charge is 0.316 e. The van der Waals surface area contributed by atoms with Gasteiger partial charge in [-0.2, -0.15) is 0 Å². The molecule has 1 aromatic heterocycles. The minimum absolute atomic E-state index is 0.952. The molecule has 2 heteroatoms. The zero-order chi connectivity index (χ0) is 9.26. The minimum atomic E-state index is 0.952. The molecule has 0 aliphatic carbocycles. The Balaban J connectivity index is 2.64. The molecule has 0 aliphatic rings. The number of hydrogen-bond donors (Lipinski definition) is 1. The summed E-state index contributed by atoms with van der Waals surface area (Å²) in [4.78, 5) is 0. The SMILES string of the molecule is CNCc1ccc(C)c2sccc12. The first-order chi connectivity index (χ1) is 6.33. The number of hydrogen-bond acceptors (Lipinski definition) is 2. The Morgan fingerprint density at radius 2 is 2.15 bits per heavy atom. The molecule has 13 heavy (non-hydrogen) atoms. The summed E-state index contributed by atoms with van der Waals surface area (Å²) in [6.07, 6.45) is 0. The quantitative estimate of drug-likeness (QED) is 0.769. The van der Waals surface area contributed by atoms with Crippen LogP contribution >= 0.6 is 11.3 Å². The zero-order valence-electron chi connectivity index (χ0n) is 7.92. The number of benzene rings is 1. The lowest BCUT2D eigenvalue weighted by Gasteiger charge is -2.03. The van der Waals surface area contributed by atoms with Gasteiger partial charge in [0.2, 0.25) is 0 Å². The second-order valence-electron chi connectivity index (χ2n) is 3.24. The van der Waals surface area contributed by atoms with Gasteiger partial charge in [0.25, 0.3) is 0 Å². The standard InChI is InChI=1S/C11H13NS/c1-8-3-4-9(7-12-2)10-5-6-13-11(8)10/h3-6,12H,7H2,1-2H3. The second kappa shape index (κ2) is 3.48. The third kappa shape index (κ3) is 1.47. The first-order valence-electron chi connectivity index (χ1n) is 4.43. The Morgan fingerprint density at radius 1 is 1.31 bits per heavy atom. The van der Waals surface area contributed by atoms with Gasteiger partial charge in [0.15, 0.2) is 0 Å². The molecule has 1 nitrogen and oxygen atoms in total. The summed E-state index contributed by atoms with van der Waals surface area (Å²) in [5.41, 5.74) is 2.77. The van der Waals surface area contributed by atoms with Crippen molar-refractivity contribution in [2.45, 2.75) is 13.5 Å². The fraction of sp³-hybridized carbons (Fsp3) is 0.273. The van der Waals surface area contributed by atoms with E-state index in [-0.39, 0.29) is 0 Å². The molecule has 0 fully saturated rings. The molecule has 1 aromatic carbocycles. The summed E-state index contributed by atoms with van der Waals surface area (Å²) in [5, 5.41) is 6.76. The fourth-order valence-corrected chi connectivity index (χ4v) is 2.52. The molecule has 0 amide bonds. The van der Waals surface area contributed by atoms with Crippen molar-refractivity contribution < 1.29 is 0 Å². The van der Waals surface area contributed by atoms with E-state index in [1.807, 2.05) is 18.4 Å². The molecule has 2 rings (SSSR count). The van der Waals surface area contributed by atoms with Crippen molar-refractivity contribution in [1.82, 2.24) is 5.32 Å². The second-order valence-corrected chi connectivity index (χ2v) is 4.15. The summed E-state index contributed by atoms with van der Waals surface area (Å²) in [7, 11) is 1.98. The first kappa shape index (κ1) is 8.73. The molecule has 1 heterocycles. The van der Waals surface area contributed by atoms with Crippen LogP contribution in [0.4, 0.5) is 0 Å². The maximum absolute atomic E-state index is 3.19. The van der Waals surface area contributed by atoms with Crippen molar-refractivity contribution in [3.05, 3.63) is 34.7 Å². The predicted molar refractivity (Wildman–Crippen MR) is 59.3 cm³/mol. The highest BCUT2D eigenvalue weighted by atomic mass is 32.1. The Morgan fingerprint density at radius 3 is 2.92 bits per heavy atom. The lowest BCUT2D eigenvalue weighted by molar-refractivity contribution is 0.824. The van der Waals surface area contributed by atoms with E-state index in [9.17, 15) is 0 Å². The number of fused-ring (bicyclic) bond motifs is 1. The van der Waals surface area contributed by atoms with Gasteiger partial charge in [-0.25, -0.2) is 0 Å². The van der Waals surface area contributed by atoms with E-state index in [1.165, 1.54) is 21.2 Å². The minimum Gasteiger partial charge on any atom is -0.316 e. The third-order valence-corrected chi connectivity index (χ3v) is 3.32. The molecule has 0 saturated carbocycles. The first-order valence-corrected chi connectivity index (χ1v) is 5.31. The lowest BCUT2D eigenvalue weighted by Crippen LogP contribution is -2.05. The molecular formula is C11H13NS. The van der Waals surface area contributed by atoms with Crippen molar-refractivity contribution in [3.63, 3.8) is 0 Å². The topological polar surface area (TPSA) is 12.0 Å². The monoisotopic (exact) mass is 191 g/mol. The predicted octanol–water partition coefficient (Wildman–Crippen LogP) is 2.93.